The number of likely N-dealkylation sites (tertiary alicyclic amines) is 1. The largest absolute Gasteiger partial charge is 0.345 e. The van der Waals surface area contributed by atoms with Crippen molar-refractivity contribution in [2.75, 3.05) is 20.6 Å². The Morgan fingerprint density at radius 2 is 2.12 bits per heavy atom. The number of nitrogens with zero attached hydrogens (tertiary/aromatic N) is 5. The van der Waals surface area contributed by atoms with Gasteiger partial charge in [0.2, 0.25) is 5.91 Å². The molecule has 0 bridgehead atoms. The number of carbonyl (C=O) groups is 2. The number of piperidine rings is 1. The molecule has 2 aromatic heterocycles. The molecular formula is C17H23N5O2. The van der Waals surface area contributed by atoms with Gasteiger partial charge in [-0.2, -0.15) is 5.10 Å². The molecule has 2 aromatic rings. The van der Waals surface area contributed by atoms with E-state index in [2.05, 4.69) is 10.1 Å². The van der Waals surface area contributed by atoms with Crippen molar-refractivity contribution in [3.05, 3.63) is 29.7 Å². The van der Waals surface area contributed by atoms with Gasteiger partial charge < -0.3 is 9.80 Å². The van der Waals surface area contributed by atoms with Gasteiger partial charge in [0.25, 0.3) is 5.91 Å². The number of fused-ring (bicyclic) bond motifs is 1. The van der Waals surface area contributed by atoms with E-state index in [9.17, 15) is 9.59 Å². The monoisotopic (exact) mass is 329 g/mol. The van der Waals surface area contributed by atoms with Crippen molar-refractivity contribution in [3.8, 4) is 0 Å². The number of amides is 2. The summed E-state index contributed by atoms with van der Waals surface area (Å²) >= 11 is 0. The highest BCUT2D eigenvalue weighted by atomic mass is 16.2. The lowest BCUT2D eigenvalue weighted by Crippen LogP contribution is -2.39. The second-order valence-corrected chi connectivity index (χ2v) is 6.32. The first-order valence-electron chi connectivity index (χ1n) is 8.38. The molecule has 2 amide bonds. The van der Waals surface area contributed by atoms with E-state index in [1.54, 1.807) is 31.0 Å². The van der Waals surface area contributed by atoms with Gasteiger partial charge in [-0.05, 0) is 25.3 Å². The molecule has 3 rings (SSSR count). The van der Waals surface area contributed by atoms with E-state index in [1.165, 1.54) is 4.90 Å². The van der Waals surface area contributed by atoms with E-state index in [-0.39, 0.29) is 17.9 Å². The summed E-state index contributed by atoms with van der Waals surface area (Å²) in [6, 6.07) is 1.88. The van der Waals surface area contributed by atoms with Crippen molar-refractivity contribution < 1.29 is 9.59 Å². The summed E-state index contributed by atoms with van der Waals surface area (Å²) in [5.74, 6) is 0.0289. The Bertz CT molecular complexity index is 767. The van der Waals surface area contributed by atoms with Crippen LogP contribution in [0, 0.1) is 0 Å². The lowest BCUT2D eigenvalue weighted by Gasteiger charge is -2.35. The second kappa shape index (κ2) is 6.59. The second-order valence-electron chi connectivity index (χ2n) is 6.32. The average Bonchev–Trinajstić information content (AvgIpc) is 3.04. The summed E-state index contributed by atoms with van der Waals surface area (Å²) in [6.07, 6.45) is 6.76. The average molecular weight is 329 g/mol. The Morgan fingerprint density at radius 1 is 1.33 bits per heavy atom. The van der Waals surface area contributed by atoms with Crippen LogP contribution < -0.4 is 0 Å². The molecule has 0 N–H and O–H groups in total. The predicted molar refractivity (Wildman–Crippen MR) is 89.6 cm³/mol. The van der Waals surface area contributed by atoms with Gasteiger partial charge in [-0.1, -0.05) is 6.92 Å². The maximum absolute atomic E-state index is 12.3. The number of rotatable bonds is 3. The Labute approximate surface area is 141 Å². The van der Waals surface area contributed by atoms with Gasteiger partial charge in [0.15, 0.2) is 5.65 Å². The minimum absolute atomic E-state index is 0.0149. The third-order valence-corrected chi connectivity index (χ3v) is 4.53. The molecule has 1 atom stereocenters. The van der Waals surface area contributed by atoms with Crippen LogP contribution in [-0.4, -0.2) is 56.9 Å². The van der Waals surface area contributed by atoms with Crippen molar-refractivity contribution in [1.82, 2.24) is 24.4 Å². The first-order valence-corrected chi connectivity index (χ1v) is 8.38. The van der Waals surface area contributed by atoms with Crippen molar-refractivity contribution in [1.29, 1.82) is 0 Å². The van der Waals surface area contributed by atoms with Gasteiger partial charge >= 0.3 is 0 Å². The van der Waals surface area contributed by atoms with Gasteiger partial charge in [0.1, 0.15) is 5.56 Å². The first kappa shape index (κ1) is 16.4. The highest BCUT2D eigenvalue weighted by Gasteiger charge is 2.29. The topological polar surface area (TPSA) is 70.8 Å². The molecular weight excluding hydrogens is 306 g/mol. The highest BCUT2D eigenvalue weighted by Crippen LogP contribution is 2.31. The Morgan fingerprint density at radius 3 is 2.83 bits per heavy atom. The van der Waals surface area contributed by atoms with E-state index in [1.807, 2.05) is 17.9 Å². The standard InChI is InChI=1S/C17H23N5O2/c1-4-15(23)21-10-6-5-7-13(21)14-8-9-18-16-12(11-19-22(14)16)17(24)20(2)3/h8-9,11,13H,4-7,10H2,1-3H3/t13-/m0/s1. The van der Waals surface area contributed by atoms with E-state index in [0.29, 0.717) is 17.6 Å². The molecule has 1 fully saturated rings. The van der Waals surface area contributed by atoms with Crippen molar-refractivity contribution in [2.24, 2.45) is 0 Å². The lowest BCUT2D eigenvalue weighted by molar-refractivity contribution is -0.134. The van der Waals surface area contributed by atoms with Crippen molar-refractivity contribution in [2.45, 2.75) is 38.6 Å². The zero-order chi connectivity index (χ0) is 17.3. The van der Waals surface area contributed by atoms with Crippen molar-refractivity contribution >= 4 is 17.5 Å². The fraction of sp³-hybridized carbons (Fsp3) is 0.529. The molecule has 24 heavy (non-hydrogen) atoms. The van der Waals surface area contributed by atoms with Crippen LogP contribution >= 0.6 is 0 Å². The first-order chi connectivity index (χ1) is 11.5. The van der Waals surface area contributed by atoms with Crippen LogP contribution in [0.2, 0.25) is 0 Å². The quantitative estimate of drug-likeness (QED) is 0.862. The third kappa shape index (κ3) is 2.74. The fourth-order valence-corrected chi connectivity index (χ4v) is 3.29. The third-order valence-electron chi connectivity index (χ3n) is 4.53. The summed E-state index contributed by atoms with van der Waals surface area (Å²) in [7, 11) is 3.41. The molecule has 0 aliphatic carbocycles. The molecule has 0 radical (unpaired) electrons. The summed E-state index contributed by atoms with van der Waals surface area (Å²) in [5, 5.41) is 4.39. The molecule has 0 unspecified atom stereocenters. The predicted octanol–water partition coefficient (Wildman–Crippen LogP) is 1.89. The molecule has 7 heteroatoms. The zero-order valence-electron chi connectivity index (χ0n) is 14.4. The van der Waals surface area contributed by atoms with Gasteiger partial charge in [-0.15, -0.1) is 0 Å². The van der Waals surface area contributed by atoms with E-state index < -0.39 is 0 Å². The van der Waals surface area contributed by atoms with Gasteiger partial charge in [-0.25, -0.2) is 9.50 Å². The Balaban J connectivity index is 2.06. The van der Waals surface area contributed by atoms with Crippen LogP contribution in [0.4, 0.5) is 0 Å². The molecule has 128 valence electrons. The van der Waals surface area contributed by atoms with E-state index in [4.69, 9.17) is 0 Å². The summed E-state index contributed by atoms with van der Waals surface area (Å²) in [4.78, 5) is 32.4. The molecule has 1 aliphatic rings. The van der Waals surface area contributed by atoms with Crippen LogP contribution in [0.5, 0.6) is 0 Å². The summed E-state index contributed by atoms with van der Waals surface area (Å²) in [6.45, 7) is 2.66. The molecule has 1 aliphatic heterocycles. The van der Waals surface area contributed by atoms with Crippen LogP contribution in [-0.2, 0) is 4.79 Å². The van der Waals surface area contributed by atoms with Crippen LogP contribution in [0.15, 0.2) is 18.5 Å². The number of hydrogen-bond acceptors (Lipinski definition) is 4. The number of hydrogen-bond donors (Lipinski definition) is 0. The smallest absolute Gasteiger partial charge is 0.258 e. The maximum atomic E-state index is 12.3. The lowest BCUT2D eigenvalue weighted by atomic mass is 9.98. The van der Waals surface area contributed by atoms with E-state index >= 15 is 0 Å². The Kier molecular flexibility index (Phi) is 4.51. The molecule has 0 spiro atoms. The SMILES string of the molecule is CCC(=O)N1CCCC[C@H]1c1ccnc2c(C(=O)N(C)C)cnn12. The molecule has 1 saturated heterocycles. The summed E-state index contributed by atoms with van der Waals surface area (Å²) < 4.78 is 1.71. The number of carbonyl (C=O) groups excluding carboxylic acids is 2. The Hall–Kier alpha value is -2.44. The van der Waals surface area contributed by atoms with Crippen LogP contribution in [0.25, 0.3) is 5.65 Å². The molecule has 0 saturated carbocycles. The molecule has 0 aromatic carbocycles. The fourth-order valence-electron chi connectivity index (χ4n) is 3.29. The van der Waals surface area contributed by atoms with E-state index in [0.717, 1.165) is 31.5 Å². The van der Waals surface area contributed by atoms with Crippen molar-refractivity contribution in [3.63, 3.8) is 0 Å². The maximum Gasteiger partial charge on any atom is 0.258 e. The molecule has 3 heterocycles. The van der Waals surface area contributed by atoms with Gasteiger partial charge in [0, 0.05) is 33.3 Å². The number of aromatic nitrogens is 3. The summed E-state index contributed by atoms with van der Waals surface area (Å²) in [5.41, 5.74) is 1.94. The highest BCUT2D eigenvalue weighted by molar-refractivity contribution is 5.99. The van der Waals surface area contributed by atoms with Gasteiger partial charge in [-0.3, -0.25) is 9.59 Å². The van der Waals surface area contributed by atoms with Crippen LogP contribution in [0.1, 0.15) is 54.7 Å². The molecule has 7 nitrogen and oxygen atoms in total. The zero-order valence-corrected chi connectivity index (χ0v) is 14.4. The minimum atomic E-state index is -0.125. The minimum Gasteiger partial charge on any atom is -0.345 e. The normalized spacial score (nSPS) is 18.0. The van der Waals surface area contributed by atoms with Crippen LogP contribution in [0.3, 0.4) is 0 Å². The van der Waals surface area contributed by atoms with Gasteiger partial charge in [0.05, 0.1) is 17.9 Å².